The third kappa shape index (κ3) is 3.25. The van der Waals surface area contributed by atoms with E-state index in [9.17, 15) is 14.9 Å². The lowest BCUT2D eigenvalue weighted by molar-refractivity contribution is -0.385. The molecule has 0 aliphatic carbocycles. The first-order valence-electron chi connectivity index (χ1n) is 6.57. The SMILES string of the molecule is CCn1ncc(Cl)c1CNC(=O)Cn1ncc([N+](=O)[O-])c1C. The van der Waals surface area contributed by atoms with Gasteiger partial charge in [-0.1, -0.05) is 11.6 Å². The normalized spacial score (nSPS) is 10.7. The molecule has 9 nitrogen and oxygen atoms in total. The van der Waals surface area contributed by atoms with Crippen LogP contribution in [0.4, 0.5) is 5.69 Å². The van der Waals surface area contributed by atoms with Crippen molar-refractivity contribution in [2.75, 3.05) is 0 Å². The van der Waals surface area contributed by atoms with Gasteiger partial charge in [0.2, 0.25) is 5.91 Å². The largest absolute Gasteiger partial charge is 0.349 e. The van der Waals surface area contributed by atoms with Crippen molar-refractivity contribution < 1.29 is 9.72 Å². The van der Waals surface area contributed by atoms with Gasteiger partial charge in [-0.15, -0.1) is 0 Å². The van der Waals surface area contributed by atoms with Crippen LogP contribution in [0.2, 0.25) is 5.02 Å². The first-order valence-corrected chi connectivity index (χ1v) is 6.95. The van der Waals surface area contributed by atoms with E-state index in [1.807, 2.05) is 6.92 Å². The molecule has 2 rings (SSSR count). The Balaban J connectivity index is 1.99. The molecule has 0 unspecified atom stereocenters. The number of hydrogen-bond acceptors (Lipinski definition) is 5. The summed E-state index contributed by atoms with van der Waals surface area (Å²) in [6.07, 6.45) is 2.65. The molecule has 0 radical (unpaired) electrons. The number of rotatable bonds is 6. The minimum absolute atomic E-state index is 0.0996. The summed E-state index contributed by atoms with van der Waals surface area (Å²) in [6.45, 7) is 4.23. The van der Waals surface area contributed by atoms with Gasteiger partial charge in [-0.25, -0.2) is 0 Å². The number of carbonyl (C=O) groups excluding carboxylic acids is 1. The maximum absolute atomic E-state index is 11.9. The van der Waals surface area contributed by atoms with E-state index < -0.39 is 4.92 Å². The number of nitrogens with zero attached hydrogens (tertiary/aromatic N) is 5. The van der Waals surface area contributed by atoms with E-state index >= 15 is 0 Å². The minimum atomic E-state index is -0.531. The fourth-order valence-electron chi connectivity index (χ4n) is 1.99. The summed E-state index contributed by atoms with van der Waals surface area (Å²) in [5.41, 5.74) is 0.928. The molecule has 22 heavy (non-hydrogen) atoms. The van der Waals surface area contributed by atoms with Gasteiger partial charge in [-0.2, -0.15) is 10.2 Å². The summed E-state index contributed by atoms with van der Waals surface area (Å²) in [5, 5.41) is 21.8. The van der Waals surface area contributed by atoms with Crippen molar-refractivity contribution in [3.63, 3.8) is 0 Å². The number of aromatic nitrogens is 4. The molecule has 0 fully saturated rings. The zero-order chi connectivity index (χ0) is 16.3. The van der Waals surface area contributed by atoms with Gasteiger partial charge in [0, 0.05) is 6.54 Å². The quantitative estimate of drug-likeness (QED) is 0.635. The van der Waals surface area contributed by atoms with Crippen molar-refractivity contribution in [2.45, 2.75) is 33.5 Å². The molecule has 118 valence electrons. The van der Waals surface area contributed by atoms with Crippen LogP contribution < -0.4 is 5.32 Å². The Labute approximate surface area is 131 Å². The predicted molar refractivity (Wildman–Crippen MR) is 78.4 cm³/mol. The van der Waals surface area contributed by atoms with Gasteiger partial charge in [0.15, 0.2) is 0 Å². The number of halogens is 1. The molecule has 10 heteroatoms. The topological polar surface area (TPSA) is 108 Å². The highest BCUT2D eigenvalue weighted by atomic mass is 35.5. The van der Waals surface area contributed by atoms with Crippen molar-refractivity contribution in [2.24, 2.45) is 0 Å². The second-order valence-corrected chi connectivity index (χ2v) is 4.97. The standard InChI is InChI=1S/C12H15ClN6O3/c1-3-17-11(9(13)4-15-17)5-14-12(20)7-18-8(2)10(6-16-18)19(21)22/h4,6H,3,5,7H2,1-2H3,(H,14,20). The molecule has 0 aliphatic heterocycles. The molecule has 2 aromatic rings. The monoisotopic (exact) mass is 326 g/mol. The molecular formula is C12H15ClN6O3. The minimum Gasteiger partial charge on any atom is -0.349 e. The lowest BCUT2D eigenvalue weighted by Gasteiger charge is -2.08. The Hall–Kier alpha value is -2.42. The van der Waals surface area contributed by atoms with Crippen molar-refractivity contribution >= 4 is 23.2 Å². The van der Waals surface area contributed by atoms with Gasteiger partial charge < -0.3 is 5.32 Å². The lowest BCUT2D eigenvalue weighted by atomic mass is 10.4. The van der Waals surface area contributed by atoms with E-state index in [0.29, 0.717) is 23.0 Å². The average Bonchev–Trinajstić information content (AvgIpc) is 3.00. The molecular weight excluding hydrogens is 312 g/mol. The summed E-state index contributed by atoms with van der Waals surface area (Å²) in [7, 11) is 0. The first kappa shape index (κ1) is 16.0. The highest BCUT2D eigenvalue weighted by Gasteiger charge is 2.18. The van der Waals surface area contributed by atoms with Crippen LogP contribution in [0.5, 0.6) is 0 Å². The Morgan fingerprint density at radius 3 is 2.68 bits per heavy atom. The van der Waals surface area contributed by atoms with Crippen LogP contribution in [-0.2, 0) is 24.4 Å². The number of nitrogens with one attached hydrogen (secondary N) is 1. The zero-order valence-electron chi connectivity index (χ0n) is 12.1. The van der Waals surface area contributed by atoms with Gasteiger partial charge in [-0.3, -0.25) is 24.3 Å². The Morgan fingerprint density at radius 2 is 2.09 bits per heavy atom. The van der Waals surface area contributed by atoms with Gasteiger partial charge in [0.05, 0.1) is 28.4 Å². The number of hydrogen-bond donors (Lipinski definition) is 1. The molecule has 0 aromatic carbocycles. The average molecular weight is 327 g/mol. The molecule has 0 saturated heterocycles. The van der Waals surface area contributed by atoms with E-state index in [-0.39, 0.29) is 24.7 Å². The third-order valence-corrected chi connectivity index (χ3v) is 3.53. The molecule has 0 aliphatic rings. The molecule has 0 atom stereocenters. The van der Waals surface area contributed by atoms with Crippen molar-refractivity contribution in [1.82, 2.24) is 24.9 Å². The van der Waals surface area contributed by atoms with Crippen LogP contribution >= 0.6 is 11.6 Å². The van der Waals surface area contributed by atoms with E-state index in [2.05, 4.69) is 15.5 Å². The summed E-state index contributed by atoms with van der Waals surface area (Å²) >= 11 is 6.00. The molecule has 1 amide bonds. The van der Waals surface area contributed by atoms with Crippen molar-refractivity contribution in [3.05, 3.63) is 38.9 Å². The van der Waals surface area contributed by atoms with E-state index in [0.717, 1.165) is 6.20 Å². The fraction of sp³-hybridized carbons (Fsp3) is 0.417. The Bertz CT molecular complexity index is 708. The Kier molecular flexibility index (Phi) is 4.76. The van der Waals surface area contributed by atoms with Crippen LogP contribution in [0.15, 0.2) is 12.4 Å². The summed E-state index contributed by atoms with van der Waals surface area (Å²) in [5.74, 6) is -0.319. The molecule has 2 heterocycles. The molecule has 0 spiro atoms. The van der Waals surface area contributed by atoms with Gasteiger partial charge in [0.1, 0.15) is 18.4 Å². The van der Waals surface area contributed by atoms with Crippen molar-refractivity contribution in [1.29, 1.82) is 0 Å². The molecule has 0 bridgehead atoms. The lowest BCUT2D eigenvalue weighted by Crippen LogP contribution is -2.29. The van der Waals surface area contributed by atoms with E-state index in [1.165, 1.54) is 10.9 Å². The van der Waals surface area contributed by atoms with Crippen LogP contribution in [-0.4, -0.2) is 30.4 Å². The number of amides is 1. The number of aryl methyl sites for hydroxylation is 1. The van der Waals surface area contributed by atoms with Gasteiger partial charge in [0.25, 0.3) is 0 Å². The van der Waals surface area contributed by atoms with Gasteiger partial charge >= 0.3 is 5.69 Å². The molecule has 0 saturated carbocycles. The maximum Gasteiger partial charge on any atom is 0.309 e. The number of carbonyl (C=O) groups is 1. The Morgan fingerprint density at radius 1 is 1.41 bits per heavy atom. The summed E-state index contributed by atoms with van der Waals surface area (Å²) in [4.78, 5) is 22.1. The van der Waals surface area contributed by atoms with E-state index in [1.54, 1.807) is 11.6 Å². The highest BCUT2D eigenvalue weighted by Crippen LogP contribution is 2.16. The smallest absolute Gasteiger partial charge is 0.309 e. The predicted octanol–water partition coefficient (Wildman–Crippen LogP) is 1.29. The van der Waals surface area contributed by atoms with Crippen LogP contribution in [0.1, 0.15) is 18.3 Å². The number of nitro groups is 1. The third-order valence-electron chi connectivity index (χ3n) is 3.22. The van der Waals surface area contributed by atoms with Crippen LogP contribution in [0, 0.1) is 17.0 Å². The first-order chi connectivity index (χ1) is 10.4. The molecule has 2 aromatic heterocycles. The molecule has 1 N–H and O–H groups in total. The second kappa shape index (κ2) is 6.56. The summed E-state index contributed by atoms with van der Waals surface area (Å²) in [6, 6.07) is 0. The zero-order valence-corrected chi connectivity index (χ0v) is 12.9. The highest BCUT2D eigenvalue weighted by molar-refractivity contribution is 6.31. The van der Waals surface area contributed by atoms with Crippen molar-refractivity contribution in [3.8, 4) is 0 Å². The van der Waals surface area contributed by atoms with Crippen LogP contribution in [0.25, 0.3) is 0 Å². The van der Waals surface area contributed by atoms with Gasteiger partial charge in [-0.05, 0) is 13.8 Å². The fourth-order valence-corrected chi connectivity index (χ4v) is 2.19. The summed E-state index contributed by atoms with van der Waals surface area (Å²) < 4.78 is 2.97. The maximum atomic E-state index is 11.9. The second-order valence-electron chi connectivity index (χ2n) is 4.56. The van der Waals surface area contributed by atoms with Crippen LogP contribution in [0.3, 0.4) is 0 Å². The van der Waals surface area contributed by atoms with E-state index in [4.69, 9.17) is 11.6 Å².